The number of nitrogens with zero attached hydrogens (tertiary/aromatic N) is 2. The van der Waals surface area contributed by atoms with E-state index in [9.17, 15) is 20.2 Å². The molecule has 9 heteroatoms. The third-order valence-corrected chi connectivity index (χ3v) is 4.91. The number of ether oxygens (including phenoxy) is 1. The number of nitro benzene ring substituents is 1. The second kappa shape index (κ2) is 10.1. The van der Waals surface area contributed by atoms with Crippen molar-refractivity contribution in [1.82, 2.24) is 0 Å². The summed E-state index contributed by atoms with van der Waals surface area (Å²) in [4.78, 5) is 22.7. The van der Waals surface area contributed by atoms with Gasteiger partial charge in [-0.05, 0) is 75.0 Å². The van der Waals surface area contributed by atoms with Crippen molar-refractivity contribution < 1.29 is 14.5 Å². The molecule has 0 radical (unpaired) electrons. The molecular weight excluding hydrogens is 588 g/mol. The van der Waals surface area contributed by atoms with Crippen molar-refractivity contribution in [2.45, 2.75) is 0 Å². The lowest BCUT2D eigenvalue weighted by Gasteiger charge is -2.09. The zero-order valence-corrected chi connectivity index (χ0v) is 18.4. The molecule has 0 heterocycles. The first-order valence-corrected chi connectivity index (χ1v) is 9.74. The molecule has 0 unspecified atom stereocenters. The predicted octanol–water partition coefficient (Wildman–Crippen LogP) is 4.36. The van der Waals surface area contributed by atoms with Crippen LogP contribution in [-0.4, -0.2) is 17.4 Å². The van der Waals surface area contributed by atoms with Gasteiger partial charge in [-0.2, -0.15) is 5.26 Å². The minimum atomic E-state index is -0.666. The number of anilines is 1. The van der Waals surface area contributed by atoms with Crippen molar-refractivity contribution in [1.29, 1.82) is 5.26 Å². The molecule has 2 rings (SSSR count). The fraction of sp³-hybridized carbons (Fsp3) is 0.0526. The first-order chi connectivity index (χ1) is 13.3. The highest BCUT2D eigenvalue weighted by Gasteiger charge is 2.14. The molecule has 0 bridgehead atoms. The Morgan fingerprint density at radius 1 is 1.32 bits per heavy atom. The molecular formula is C19H11I2N3O4. The zero-order valence-electron chi connectivity index (χ0n) is 14.1. The van der Waals surface area contributed by atoms with Crippen LogP contribution in [0.1, 0.15) is 5.56 Å². The summed E-state index contributed by atoms with van der Waals surface area (Å²) < 4.78 is 7.05. The summed E-state index contributed by atoms with van der Waals surface area (Å²) >= 11 is 4.16. The summed E-state index contributed by atoms with van der Waals surface area (Å²) in [5, 5.41) is 22.7. The number of rotatable bonds is 6. The number of amides is 1. The highest BCUT2D eigenvalue weighted by molar-refractivity contribution is 14.1. The van der Waals surface area contributed by atoms with Crippen molar-refractivity contribution in [3.8, 4) is 24.2 Å². The smallest absolute Gasteiger partial charge is 0.271 e. The third-order valence-electron chi connectivity index (χ3n) is 3.31. The molecule has 0 aliphatic heterocycles. The van der Waals surface area contributed by atoms with Gasteiger partial charge in [0.25, 0.3) is 11.6 Å². The largest absolute Gasteiger partial charge is 0.479 e. The topological polar surface area (TPSA) is 105 Å². The highest BCUT2D eigenvalue weighted by Crippen LogP contribution is 2.30. The van der Waals surface area contributed by atoms with Crippen LogP contribution in [0.4, 0.5) is 11.4 Å². The molecule has 0 atom stereocenters. The Bertz CT molecular complexity index is 1030. The number of halogens is 2. The van der Waals surface area contributed by atoms with Crippen molar-refractivity contribution in [2.24, 2.45) is 0 Å². The maximum absolute atomic E-state index is 12.4. The van der Waals surface area contributed by atoms with E-state index in [4.69, 9.17) is 11.2 Å². The molecule has 0 aromatic heterocycles. The van der Waals surface area contributed by atoms with Crippen LogP contribution in [0.2, 0.25) is 0 Å². The number of nitro groups is 1. The van der Waals surface area contributed by atoms with Crippen molar-refractivity contribution >= 4 is 68.5 Å². The molecule has 0 saturated heterocycles. The van der Waals surface area contributed by atoms with Gasteiger partial charge in [-0.15, -0.1) is 6.42 Å². The highest BCUT2D eigenvalue weighted by atomic mass is 127. The average Bonchev–Trinajstić information content (AvgIpc) is 2.65. The lowest BCUT2D eigenvalue weighted by molar-refractivity contribution is -0.384. The van der Waals surface area contributed by atoms with Gasteiger partial charge >= 0.3 is 0 Å². The molecule has 2 aromatic carbocycles. The second-order valence-electron chi connectivity index (χ2n) is 5.24. The van der Waals surface area contributed by atoms with E-state index >= 15 is 0 Å². The Labute approximate surface area is 188 Å². The van der Waals surface area contributed by atoms with E-state index < -0.39 is 10.8 Å². The first kappa shape index (κ1) is 21.7. The Hall–Kier alpha value is -2.64. The molecule has 0 fully saturated rings. The molecule has 140 valence electrons. The number of carbonyl (C=O) groups is 1. The van der Waals surface area contributed by atoms with Gasteiger partial charge in [-0.3, -0.25) is 14.9 Å². The summed E-state index contributed by atoms with van der Waals surface area (Å²) in [6, 6.07) is 10.8. The lowest BCUT2D eigenvalue weighted by Crippen LogP contribution is -2.13. The van der Waals surface area contributed by atoms with Gasteiger partial charge in [0.05, 0.1) is 12.1 Å². The van der Waals surface area contributed by atoms with Crippen LogP contribution in [0.5, 0.6) is 5.75 Å². The summed E-state index contributed by atoms with van der Waals surface area (Å²) in [5.41, 5.74) is 0.553. The van der Waals surface area contributed by atoms with Crippen molar-refractivity contribution in [3.05, 3.63) is 64.8 Å². The van der Waals surface area contributed by atoms with Crippen LogP contribution >= 0.6 is 45.2 Å². The summed E-state index contributed by atoms with van der Waals surface area (Å²) in [6.45, 7) is 0.135. The first-order valence-electron chi connectivity index (χ1n) is 7.58. The van der Waals surface area contributed by atoms with E-state index in [0.29, 0.717) is 11.3 Å². The number of hydrogen-bond donors (Lipinski definition) is 1. The molecule has 0 spiro atoms. The molecule has 1 N–H and O–H groups in total. The zero-order chi connectivity index (χ0) is 20.7. The normalized spacial score (nSPS) is 10.5. The van der Waals surface area contributed by atoms with E-state index in [1.807, 2.05) is 6.07 Å². The van der Waals surface area contributed by atoms with E-state index in [0.717, 1.165) is 7.14 Å². The monoisotopic (exact) mass is 599 g/mol. The van der Waals surface area contributed by atoms with Crippen molar-refractivity contribution in [3.63, 3.8) is 0 Å². The van der Waals surface area contributed by atoms with Crippen LogP contribution in [0.25, 0.3) is 6.08 Å². The standard InChI is InChI=1S/C19H11I2N3O4/c1-2-6-28-18-16(20)8-12(9-17(18)21)7-13(11-22)19(25)23-14-4-3-5-15(10-14)24(26)27/h1,3-5,7-10H,6H2,(H,23,25)/b13-7+. The van der Waals surface area contributed by atoms with Crippen LogP contribution in [-0.2, 0) is 4.79 Å². The average molecular weight is 599 g/mol. The second-order valence-corrected chi connectivity index (χ2v) is 7.56. The van der Waals surface area contributed by atoms with Gasteiger partial charge in [0, 0.05) is 17.8 Å². The number of hydrogen-bond acceptors (Lipinski definition) is 5. The fourth-order valence-electron chi connectivity index (χ4n) is 2.13. The maximum Gasteiger partial charge on any atom is 0.271 e. The Morgan fingerprint density at radius 2 is 2.00 bits per heavy atom. The number of nitriles is 1. The van der Waals surface area contributed by atoms with Crippen LogP contribution in [0, 0.1) is 40.9 Å². The fourth-order valence-corrected chi connectivity index (χ4v) is 4.25. The van der Waals surface area contributed by atoms with Gasteiger partial charge in [0.2, 0.25) is 0 Å². The minimum Gasteiger partial charge on any atom is -0.479 e. The summed E-state index contributed by atoms with van der Waals surface area (Å²) in [5.74, 6) is 2.37. The third kappa shape index (κ3) is 5.68. The SMILES string of the molecule is C#CCOc1c(I)cc(/C=C(\C#N)C(=O)Nc2cccc([N+](=O)[O-])c2)cc1I. The van der Waals surface area contributed by atoms with Gasteiger partial charge in [-0.1, -0.05) is 12.0 Å². The summed E-state index contributed by atoms with van der Waals surface area (Å²) in [7, 11) is 0. The van der Waals surface area contributed by atoms with Gasteiger partial charge < -0.3 is 10.1 Å². The van der Waals surface area contributed by atoms with Gasteiger partial charge in [0.15, 0.2) is 0 Å². The molecule has 28 heavy (non-hydrogen) atoms. The number of benzene rings is 2. The number of terminal acetylenes is 1. The number of nitrogens with one attached hydrogen (secondary N) is 1. The van der Waals surface area contributed by atoms with Crippen LogP contribution in [0.15, 0.2) is 42.0 Å². The Kier molecular flexibility index (Phi) is 7.78. The maximum atomic E-state index is 12.4. The van der Waals surface area contributed by atoms with E-state index in [1.54, 1.807) is 12.1 Å². The molecule has 7 nitrogen and oxygen atoms in total. The minimum absolute atomic E-state index is 0.135. The molecule has 0 saturated carbocycles. The summed E-state index contributed by atoms with van der Waals surface area (Å²) in [6.07, 6.45) is 6.64. The molecule has 2 aromatic rings. The van der Waals surface area contributed by atoms with Crippen LogP contribution in [0.3, 0.4) is 0 Å². The van der Waals surface area contributed by atoms with E-state index in [-0.39, 0.29) is 23.6 Å². The Morgan fingerprint density at radius 3 is 2.57 bits per heavy atom. The molecule has 1 amide bonds. The van der Waals surface area contributed by atoms with Crippen molar-refractivity contribution in [2.75, 3.05) is 11.9 Å². The van der Waals surface area contributed by atoms with Gasteiger partial charge in [0.1, 0.15) is 24.0 Å². The predicted molar refractivity (Wildman–Crippen MR) is 122 cm³/mol. The van der Waals surface area contributed by atoms with Gasteiger partial charge in [-0.25, -0.2) is 0 Å². The lowest BCUT2D eigenvalue weighted by atomic mass is 10.1. The number of non-ortho nitro benzene ring substituents is 1. The molecule has 0 aliphatic carbocycles. The quantitative estimate of drug-likeness (QED) is 0.133. The van der Waals surface area contributed by atoms with Crippen LogP contribution < -0.4 is 10.1 Å². The van der Waals surface area contributed by atoms with E-state index in [1.165, 1.54) is 30.3 Å². The molecule has 0 aliphatic rings. The Balaban J connectivity index is 2.27. The number of carbonyl (C=O) groups excluding carboxylic acids is 1. The van der Waals surface area contributed by atoms with E-state index in [2.05, 4.69) is 56.4 Å².